The van der Waals surface area contributed by atoms with Crippen LogP contribution in [-0.2, 0) is 23.7 Å². The maximum atomic E-state index is 14.4. The molecule has 0 spiro atoms. The predicted octanol–water partition coefficient (Wildman–Crippen LogP) is 2.21. The third-order valence-electron chi connectivity index (χ3n) is 4.40. The number of amides is 1. The van der Waals surface area contributed by atoms with Crippen molar-refractivity contribution in [3.05, 3.63) is 83.1 Å². The van der Waals surface area contributed by atoms with Gasteiger partial charge in [0.1, 0.15) is 23.1 Å². The Labute approximate surface area is 186 Å². The molecule has 3 rings (SSSR count). The number of nitrogens with one attached hydrogen (secondary N) is 2. The van der Waals surface area contributed by atoms with Crippen molar-refractivity contribution < 1.29 is 33.7 Å². The fraction of sp³-hybridized carbons (Fsp3) is 0.190. The lowest BCUT2D eigenvalue weighted by molar-refractivity contribution is -0.899. The highest BCUT2D eigenvalue weighted by atomic mass is 19.3. The van der Waals surface area contributed by atoms with E-state index in [0.717, 1.165) is 18.3 Å². The molecule has 170 valence electrons. The highest BCUT2D eigenvalue weighted by Crippen LogP contribution is 2.26. The second kappa shape index (κ2) is 9.90. The zero-order valence-corrected chi connectivity index (χ0v) is 16.8. The quantitative estimate of drug-likeness (QED) is 0.269. The van der Waals surface area contributed by atoms with Gasteiger partial charge in [0, 0.05) is 18.5 Å². The van der Waals surface area contributed by atoms with Crippen molar-refractivity contribution in [3.63, 3.8) is 0 Å². The van der Waals surface area contributed by atoms with Crippen LogP contribution < -0.4 is 15.4 Å². The Balaban J connectivity index is 1.81. The summed E-state index contributed by atoms with van der Waals surface area (Å²) in [5, 5.41) is 23.8. The standard InChI is InChI=1S/C21H16F4N6O2/c22-14-4-3-7-27-16(14)11-29-19(32)9-17-13(10-26)8-15(23)20(31(17)33)30-12-21(24,25)18-5-1-2-6-28-18/h1-8,33H,9,11-12H2,(H,29,32)/p+1/i11D/t11-/m0/s1. The lowest BCUT2D eigenvalue weighted by Gasteiger charge is -2.15. The Hall–Kier alpha value is -4.27. The smallest absolute Gasteiger partial charge is 0.350 e. The molecule has 0 fully saturated rings. The number of aromatic nitrogens is 3. The van der Waals surface area contributed by atoms with E-state index < -0.39 is 65.7 Å². The summed E-state index contributed by atoms with van der Waals surface area (Å²) in [6.45, 7) is -2.77. The van der Waals surface area contributed by atoms with E-state index in [-0.39, 0.29) is 10.4 Å². The van der Waals surface area contributed by atoms with E-state index in [9.17, 15) is 32.8 Å². The fourth-order valence-electron chi connectivity index (χ4n) is 2.78. The zero-order chi connectivity index (χ0) is 24.9. The molecule has 0 aliphatic carbocycles. The van der Waals surface area contributed by atoms with E-state index in [1.807, 2.05) is 0 Å². The van der Waals surface area contributed by atoms with Gasteiger partial charge >= 0.3 is 11.7 Å². The Morgan fingerprint density at radius 2 is 1.97 bits per heavy atom. The predicted molar refractivity (Wildman–Crippen MR) is 105 cm³/mol. The van der Waals surface area contributed by atoms with Crippen LogP contribution >= 0.6 is 0 Å². The molecule has 1 atom stereocenters. The molecule has 0 saturated heterocycles. The van der Waals surface area contributed by atoms with E-state index in [2.05, 4.69) is 20.6 Å². The van der Waals surface area contributed by atoms with Crippen LogP contribution in [0.2, 0.25) is 0 Å². The van der Waals surface area contributed by atoms with Gasteiger partial charge < -0.3 is 10.5 Å². The van der Waals surface area contributed by atoms with Crippen molar-refractivity contribution in [2.45, 2.75) is 18.9 Å². The summed E-state index contributed by atoms with van der Waals surface area (Å²) >= 11 is 0. The zero-order valence-electron chi connectivity index (χ0n) is 17.8. The highest BCUT2D eigenvalue weighted by molar-refractivity contribution is 5.78. The van der Waals surface area contributed by atoms with E-state index in [1.54, 1.807) is 6.07 Å². The van der Waals surface area contributed by atoms with Gasteiger partial charge in [0.25, 0.3) is 0 Å². The van der Waals surface area contributed by atoms with Crippen LogP contribution in [0, 0.1) is 23.0 Å². The summed E-state index contributed by atoms with van der Waals surface area (Å²) in [7, 11) is 0. The van der Waals surface area contributed by atoms with Crippen molar-refractivity contribution in [1.29, 1.82) is 5.26 Å². The molecule has 3 aromatic rings. The molecule has 12 heteroatoms. The first-order valence-electron chi connectivity index (χ1n) is 9.93. The van der Waals surface area contributed by atoms with Crippen LogP contribution in [0.1, 0.15) is 24.0 Å². The molecule has 0 bridgehead atoms. The van der Waals surface area contributed by atoms with Gasteiger partial charge in [-0.05, 0) is 29.0 Å². The second-order valence-electron chi connectivity index (χ2n) is 6.66. The van der Waals surface area contributed by atoms with Gasteiger partial charge in [-0.3, -0.25) is 20.1 Å². The molecule has 8 nitrogen and oxygen atoms in total. The van der Waals surface area contributed by atoms with Gasteiger partial charge in [0.05, 0.1) is 20.0 Å². The normalized spacial score (nSPS) is 12.4. The number of nitriles is 1. The minimum Gasteiger partial charge on any atom is -0.350 e. The summed E-state index contributed by atoms with van der Waals surface area (Å²) in [5.41, 5.74) is -1.86. The number of pyridine rings is 3. The van der Waals surface area contributed by atoms with Crippen LogP contribution in [0.15, 0.2) is 48.8 Å². The van der Waals surface area contributed by atoms with Crippen LogP contribution in [0.5, 0.6) is 0 Å². The SMILES string of the molecule is [2H][C@H](NC(=O)Cc1c(C#N)cc(F)c(NCC(F)(F)c2ccccn2)[n+]1O)c1ncccc1F. The molecular weight excluding hydrogens is 444 g/mol. The van der Waals surface area contributed by atoms with Crippen molar-refractivity contribution in [3.8, 4) is 6.07 Å². The molecule has 0 aromatic carbocycles. The molecule has 3 N–H and O–H groups in total. The van der Waals surface area contributed by atoms with Gasteiger partial charge in [-0.15, -0.1) is 0 Å². The second-order valence-corrected chi connectivity index (χ2v) is 6.66. The Bertz CT molecular complexity index is 1240. The van der Waals surface area contributed by atoms with Gasteiger partial charge in [-0.1, -0.05) is 6.07 Å². The number of rotatable bonds is 8. The molecule has 1 amide bonds. The minimum absolute atomic E-state index is 0.0717. The number of anilines is 1. The van der Waals surface area contributed by atoms with Crippen LogP contribution in [0.4, 0.5) is 23.4 Å². The molecule has 0 unspecified atom stereocenters. The van der Waals surface area contributed by atoms with Gasteiger partial charge in [-0.2, -0.15) is 18.4 Å². The highest BCUT2D eigenvalue weighted by Gasteiger charge is 2.37. The largest absolute Gasteiger partial charge is 0.350 e. The Kier molecular flexibility index (Phi) is 6.58. The first kappa shape index (κ1) is 21.9. The van der Waals surface area contributed by atoms with Crippen molar-refractivity contribution >= 4 is 11.7 Å². The van der Waals surface area contributed by atoms with Crippen LogP contribution in [0.3, 0.4) is 0 Å². The van der Waals surface area contributed by atoms with Crippen molar-refractivity contribution in [2.24, 2.45) is 0 Å². The maximum Gasteiger partial charge on any atom is 0.350 e. The number of nitrogens with zero attached hydrogens (tertiary/aromatic N) is 4. The Morgan fingerprint density at radius 3 is 2.64 bits per heavy atom. The lowest BCUT2D eigenvalue weighted by atomic mass is 10.1. The van der Waals surface area contributed by atoms with E-state index >= 15 is 0 Å². The molecule has 3 heterocycles. The number of hydrogen-bond acceptors (Lipinski definition) is 6. The minimum atomic E-state index is -3.54. The van der Waals surface area contributed by atoms with E-state index in [0.29, 0.717) is 6.07 Å². The lowest BCUT2D eigenvalue weighted by Crippen LogP contribution is -2.44. The van der Waals surface area contributed by atoms with Crippen molar-refractivity contribution in [2.75, 3.05) is 11.9 Å². The number of hydrogen-bond donors (Lipinski definition) is 3. The molecule has 0 aliphatic heterocycles. The Morgan fingerprint density at radius 1 is 1.21 bits per heavy atom. The van der Waals surface area contributed by atoms with E-state index in [1.165, 1.54) is 24.4 Å². The maximum absolute atomic E-state index is 14.4. The summed E-state index contributed by atoms with van der Waals surface area (Å²) in [5.74, 6) is -7.37. The molecule has 0 aliphatic rings. The summed E-state index contributed by atoms with van der Waals surface area (Å²) in [6, 6.07) is 8.46. The number of alkyl halides is 2. The van der Waals surface area contributed by atoms with Gasteiger partial charge in [0.15, 0.2) is 12.2 Å². The van der Waals surface area contributed by atoms with Gasteiger partial charge in [0.2, 0.25) is 11.7 Å². The first-order valence-corrected chi connectivity index (χ1v) is 9.36. The third kappa shape index (κ3) is 5.51. The monoisotopic (exact) mass is 462 g/mol. The summed E-state index contributed by atoms with van der Waals surface area (Å²) in [4.78, 5) is 19.6. The molecular formula is C21H17F4N6O2+. The van der Waals surface area contributed by atoms with Crippen molar-refractivity contribution in [1.82, 2.24) is 15.3 Å². The molecule has 3 aromatic heterocycles. The third-order valence-corrected chi connectivity index (χ3v) is 4.40. The van der Waals surface area contributed by atoms with Crippen LogP contribution in [-0.4, -0.2) is 27.6 Å². The average molecular weight is 462 g/mol. The topological polar surface area (TPSA) is 115 Å². The molecule has 0 saturated carbocycles. The number of halogens is 4. The fourth-order valence-corrected chi connectivity index (χ4v) is 2.78. The number of carbonyl (C=O) groups is 1. The molecule has 0 radical (unpaired) electrons. The van der Waals surface area contributed by atoms with Crippen LogP contribution in [0.25, 0.3) is 0 Å². The summed E-state index contributed by atoms with van der Waals surface area (Å²) < 4.78 is 64.9. The summed E-state index contributed by atoms with van der Waals surface area (Å²) in [6.07, 6.45) is 1.62. The molecule has 33 heavy (non-hydrogen) atoms. The number of carbonyl (C=O) groups excluding carboxylic acids is 1. The van der Waals surface area contributed by atoms with E-state index in [4.69, 9.17) is 1.37 Å². The average Bonchev–Trinajstić information content (AvgIpc) is 2.81. The van der Waals surface area contributed by atoms with Gasteiger partial charge in [-0.25, -0.2) is 4.39 Å². The first-order chi connectivity index (χ1) is 16.1.